The predicted molar refractivity (Wildman–Crippen MR) is 97.7 cm³/mol. The number of anilines is 1. The largest absolute Gasteiger partial charge is 0.350 e. The number of aryl methyl sites for hydroxylation is 2. The second kappa shape index (κ2) is 7.97. The fourth-order valence-corrected chi connectivity index (χ4v) is 2.62. The van der Waals surface area contributed by atoms with Crippen molar-refractivity contribution >= 4 is 29.1 Å². The van der Waals surface area contributed by atoms with Crippen LogP contribution in [0.25, 0.3) is 0 Å². The molecule has 0 fully saturated rings. The van der Waals surface area contributed by atoms with E-state index in [0.29, 0.717) is 29.4 Å². The number of benzene rings is 2. The molecule has 0 bridgehead atoms. The molecule has 0 aliphatic heterocycles. The zero-order valence-corrected chi connectivity index (χ0v) is 14.9. The number of halogens is 1. The van der Waals surface area contributed by atoms with Gasteiger partial charge in [0, 0.05) is 25.6 Å². The molecule has 0 heterocycles. The standard InChI is InChI=1S/C19H21ClN2O2/c1-13-8-9-16(12-14(13)2)19(24)21-10-11-22(15(3)23)18-7-5-4-6-17(18)20/h4-9,12H,10-11H2,1-3H3,(H,21,24). The Bertz CT molecular complexity index is 759. The van der Waals surface area contributed by atoms with Gasteiger partial charge in [-0.15, -0.1) is 0 Å². The minimum atomic E-state index is -0.152. The first-order valence-electron chi connectivity index (χ1n) is 7.78. The van der Waals surface area contributed by atoms with Crippen LogP contribution in [0, 0.1) is 13.8 Å². The molecule has 0 radical (unpaired) electrons. The third kappa shape index (κ3) is 4.36. The maximum atomic E-state index is 12.2. The minimum Gasteiger partial charge on any atom is -0.350 e. The summed E-state index contributed by atoms with van der Waals surface area (Å²) in [7, 11) is 0. The number of nitrogens with one attached hydrogen (secondary N) is 1. The Morgan fingerprint density at radius 1 is 1.08 bits per heavy atom. The van der Waals surface area contributed by atoms with E-state index < -0.39 is 0 Å². The molecule has 2 aromatic carbocycles. The summed E-state index contributed by atoms with van der Waals surface area (Å²) in [5, 5.41) is 3.35. The Balaban J connectivity index is 2.00. The first kappa shape index (κ1) is 18.0. The lowest BCUT2D eigenvalue weighted by Crippen LogP contribution is -2.37. The van der Waals surface area contributed by atoms with E-state index in [-0.39, 0.29) is 11.8 Å². The van der Waals surface area contributed by atoms with Gasteiger partial charge in [-0.2, -0.15) is 0 Å². The molecule has 5 heteroatoms. The van der Waals surface area contributed by atoms with Gasteiger partial charge in [-0.25, -0.2) is 0 Å². The van der Waals surface area contributed by atoms with E-state index in [0.717, 1.165) is 11.1 Å². The zero-order valence-electron chi connectivity index (χ0n) is 14.1. The lowest BCUT2D eigenvalue weighted by Gasteiger charge is -2.22. The van der Waals surface area contributed by atoms with Crippen LogP contribution in [0.3, 0.4) is 0 Å². The molecule has 1 N–H and O–H groups in total. The van der Waals surface area contributed by atoms with E-state index in [1.165, 1.54) is 6.92 Å². The van der Waals surface area contributed by atoms with Crippen LogP contribution in [0.2, 0.25) is 5.02 Å². The monoisotopic (exact) mass is 344 g/mol. The predicted octanol–water partition coefficient (Wildman–Crippen LogP) is 3.74. The van der Waals surface area contributed by atoms with Crippen molar-refractivity contribution in [2.45, 2.75) is 20.8 Å². The van der Waals surface area contributed by atoms with Crippen LogP contribution in [0.4, 0.5) is 5.69 Å². The second-order valence-electron chi connectivity index (χ2n) is 5.68. The van der Waals surface area contributed by atoms with Crippen molar-refractivity contribution in [3.8, 4) is 0 Å². The molecule has 4 nitrogen and oxygen atoms in total. The van der Waals surface area contributed by atoms with Crippen LogP contribution in [-0.4, -0.2) is 24.9 Å². The van der Waals surface area contributed by atoms with Gasteiger partial charge in [0.1, 0.15) is 0 Å². The van der Waals surface area contributed by atoms with Crippen molar-refractivity contribution < 1.29 is 9.59 Å². The highest BCUT2D eigenvalue weighted by atomic mass is 35.5. The van der Waals surface area contributed by atoms with Gasteiger partial charge in [-0.1, -0.05) is 29.8 Å². The van der Waals surface area contributed by atoms with Gasteiger partial charge in [0.15, 0.2) is 0 Å². The van der Waals surface area contributed by atoms with Gasteiger partial charge in [-0.05, 0) is 49.2 Å². The van der Waals surface area contributed by atoms with E-state index >= 15 is 0 Å². The summed E-state index contributed by atoms with van der Waals surface area (Å²) in [6.07, 6.45) is 0. The highest BCUT2D eigenvalue weighted by Crippen LogP contribution is 2.24. The molecule has 0 aromatic heterocycles. The molecule has 0 unspecified atom stereocenters. The van der Waals surface area contributed by atoms with Gasteiger partial charge in [0.2, 0.25) is 5.91 Å². The number of hydrogen-bond acceptors (Lipinski definition) is 2. The maximum absolute atomic E-state index is 12.2. The van der Waals surface area contributed by atoms with E-state index in [1.807, 2.05) is 38.1 Å². The molecule has 2 aromatic rings. The normalized spacial score (nSPS) is 10.3. The molecule has 2 rings (SSSR count). The molecule has 2 amide bonds. The highest BCUT2D eigenvalue weighted by molar-refractivity contribution is 6.33. The van der Waals surface area contributed by atoms with E-state index in [9.17, 15) is 9.59 Å². The summed E-state index contributed by atoms with van der Waals surface area (Å²) < 4.78 is 0. The molecule has 24 heavy (non-hydrogen) atoms. The first-order chi connectivity index (χ1) is 11.4. The summed E-state index contributed by atoms with van der Waals surface area (Å²) in [4.78, 5) is 25.7. The molecule has 0 spiro atoms. The van der Waals surface area contributed by atoms with Gasteiger partial charge in [0.25, 0.3) is 5.91 Å². The van der Waals surface area contributed by atoms with Crippen molar-refractivity contribution in [1.82, 2.24) is 5.32 Å². The topological polar surface area (TPSA) is 49.4 Å². The van der Waals surface area contributed by atoms with E-state index in [4.69, 9.17) is 11.6 Å². The fourth-order valence-electron chi connectivity index (χ4n) is 2.38. The smallest absolute Gasteiger partial charge is 0.251 e. The maximum Gasteiger partial charge on any atom is 0.251 e. The summed E-state index contributed by atoms with van der Waals surface area (Å²) in [6, 6.07) is 12.7. The number of amides is 2. The summed E-state index contributed by atoms with van der Waals surface area (Å²) in [5.41, 5.74) is 3.48. The van der Waals surface area contributed by atoms with Crippen LogP contribution in [-0.2, 0) is 4.79 Å². The molecule has 0 atom stereocenters. The number of rotatable bonds is 5. The molecular formula is C19H21ClN2O2. The fraction of sp³-hybridized carbons (Fsp3) is 0.263. The lowest BCUT2D eigenvalue weighted by atomic mass is 10.1. The number of hydrogen-bond donors (Lipinski definition) is 1. The van der Waals surface area contributed by atoms with Gasteiger partial charge in [-0.3, -0.25) is 9.59 Å². The van der Waals surface area contributed by atoms with Crippen molar-refractivity contribution in [2.75, 3.05) is 18.0 Å². The van der Waals surface area contributed by atoms with Gasteiger partial charge in [0.05, 0.1) is 10.7 Å². The average molecular weight is 345 g/mol. The molecule has 0 saturated heterocycles. The summed E-state index contributed by atoms with van der Waals surface area (Å²) >= 11 is 6.15. The summed E-state index contributed by atoms with van der Waals surface area (Å²) in [5.74, 6) is -0.274. The number of carbonyl (C=O) groups is 2. The average Bonchev–Trinajstić information content (AvgIpc) is 2.54. The van der Waals surface area contributed by atoms with Crippen molar-refractivity contribution in [2.24, 2.45) is 0 Å². The van der Waals surface area contributed by atoms with Crippen LogP contribution >= 0.6 is 11.6 Å². The molecule has 0 saturated carbocycles. The van der Waals surface area contributed by atoms with E-state index in [2.05, 4.69) is 5.32 Å². The van der Waals surface area contributed by atoms with Crippen LogP contribution in [0.5, 0.6) is 0 Å². The van der Waals surface area contributed by atoms with Crippen LogP contribution in [0.1, 0.15) is 28.4 Å². The first-order valence-corrected chi connectivity index (χ1v) is 8.16. The Labute approximate surface area is 147 Å². The van der Waals surface area contributed by atoms with E-state index in [1.54, 1.807) is 23.1 Å². The number of nitrogens with zero attached hydrogens (tertiary/aromatic N) is 1. The third-order valence-electron chi connectivity index (χ3n) is 3.91. The van der Waals surface area contributed by atoms with Crippen molar-refractivity contribution in [1.29, 1.82) is 0 Å². The Morgan fingerprint density at radius 3 is 2.42 bits per heavy atom. The van der Waals surface area contributed by atoms with Crippen LogP contribution in [0.15, 0.2) is 42.5 Å². The van der Waals surface area contributed by atoms with Crippen molar-refractivity contribution in [3.63, 3.8) is 0 Å². The SMILES string of the molecule is CC(=O)N(CCNC(=O)c1ccc(C)c(C)c1)c1ccccc1Cl. The molecule has 126 valence electrons. The van der Waals surface area contributed by atoms with Crippen molar-refractivity contribution in [3.05, 3.63) is 64.2 Å². The van der Waals surface area contributed by atoms with Gasteiger partial charge < -0.3 is 10.2 Å². The van der Waals surface area contributed by atoms with Crippen LogP contribution < -0.4 is 10.2 Å². The quantitative estimate of drug-likeness (QED) is 0.898. The second-order valence-corrected chi connectivity index (χ2v) is 6.08. The molecule has 0 aliphatic carbocycles. The summed E-state index contributed by atoms with van der Waals surface area (Å²) in [6.45, 7) is 6.16. The minimum absolute atomic E-state index is 0.122. The molecular weight excluding hydrogens is 324 g/mol. The molecule has 0 aliphatic rings. The number of carbonyl (C=O) groups excluding carboxylic acids is 2. The zero-order chi connectivity index (χ0) is 17.7. The highest BCUT2D eigenvalue weighted by Gasteiger charge is 2.14. The van der Waals surface area contributed by atoms with Gasteiger partial charge >= 0.3 is 0 Å². The third-order valence-corrected chi connectivity index (χ3v) is 4.23. The Hall–Kier alpha value is -2.33. The number of para-hydroxylation sites is 1. The Morgan fingerprint density at radius 2 is 1.79 bits per heavy atom. The Kier molecular flexibility index (Phi) is 5.99. The lowest BCUT2D eigenvalue weighted by molar-refractivity contribution is -0.116.